The number of nitrogens with one attached hydrogen (secondary N) is 1. The van der Waals surface area contributed by atoms with Gasteiger partial charge in [0.15, 0.2) is 5.78 Å². The van der Waals surface area contributed by atoms with Gasteiger partial charge in [0.25, 0.3) is 5.56 Å². The molecule has 0 unspecified atom stereocenters. The number of aromatic amines is 1. The van der Waals surface area contributed by atoms with Crippen molar-refractivity contribution < 1.29 is 24.5 Å². The van der Waals surface area contributed by atoms with Crippen LogP contribution in [0.25, 0.3) is 0 Å². The fourth-order valence-corrected chi connectivity index (χ4v) is 6.69. The molecule has 1 aliphatic heterocycles. The number of aliphatic hydroxyl groups excluding tert-OH is 1. The summed E-state index contributed by atoms with van der Waals surface area (Å²) in [5.41, 5.74) is -1.40. The number of ether oxygens (including phenoxy) is 2. The van der Waals surface area contributed by atoms with Gasteiger partial charge in [-0.2, -0.15) is 0 Å². The number of fused-ring (bicyclic) bond motifs is 2. The second kappa shape index (κ2) is 7.82. The van der Waals surface area contributed by atoms with Crippen molar-refractivity contribution in [1.82, 2.24) is 4.98 Å². The van der Waals surface area contributed by atoms with Crippen LogP contribution in [0.1, 0.15) is 61.9 Å². The Morgan fingerprint density at radius 1 is 1.25 bits per heavy atom. The topological polar surface area (TPSA) is 112 Å². The smallest absolute Gasteiger partial charge is 0.262 e. The van der Waals surface area contributed by atoms with Gasteiger partial charge < -0.3 is 24.7 Å². The predicted octanol–water partition coefficient (Wildman–Crippen LogP) is 2.90. The summed E-state index contributed by atoms with van der Waals surface area (Å²) in [5.74, 6) is 0.196. The number of ketones is 1. The summed E-state index contributed by atoms with van der Waals surface area (Å²) in [5, 5.41) is 21.4. The van der Waals surface area contributed by atoms with E-state index in [0.29, 0.717) is 30.2 Å². The summed E-state index contributed by atoms with van der Waals surface area (Å²) in [7, 11) is 1.53. The molecule has 3 fully saturated rings. The zero-order valence-corrected chi connectivity index (χ0v) is 18.9. The number of epoxide rings is 1. The number of rotatable bonds is 4. The van der Waals surface area contributed by atoms with Gasteiger partial charge in [0.1, 0.15) is 29.1 Å². The Morgan fingerprint density at radius 3 is 2.78 bits per heavy atom. The van der Waals surface area contributed by atoms with Crippen molar-refractivity contribution in [3.8, 4) is 5.75 Å². The molecule has 0 amide bonds. The zero-order valence-electron chi connectivity index (χ0n) is 18.9. The second-order valence-corrected chi connectivity index (χ2v) is 10.4. The second-order valence-electron chi connectivity index (χ2n) is 10.4. The summed E-state index contributed by atoms with van der Waals surface area (Å²) < 4.78 is 11.5. The quantitative estimate of drug-likeness (QED) is 0.375. The molecule has 5 rings (SSSR count). The Balaban J connectivity index is 1.54. The largest absolute Gasteiger partial charge is 0.507 e. The lowest BCUT2D eigenvalue weighted by Crippen LogP contribution is -2.44. The number of aliphatic hydroxyl groups is 1. The van der Waals surface area contributed by atoms with Gasteiger partial charge in [-0.05, 0) is 49.4 Å². The van der Waals surface area contributed by atoms with Crippen LogP contribution in [0.15, 0.2) is 23.1 Å². The normalized spacial score (nSPS) is 42.8. The fraction of sp³-hybridized carbons (Fsp3) is 0.680. The van der Waals surface area contributed by atoms with Gasteiger partial charge in [0, 0.05) is 24.8 Å². The first-order chi connectivity index (χ1) is 15.3. The number of pyridine rings is 1. The van der Waals surface area contributed by atoms with Gasteiger partial charge in [-0.15, -0.1) is 0 Å². The number of carbonyl (C=O) groups is 1. The maximum atomic E-state index is 13.8. The molecule has 3 aliphatic carbocycles. The van der Waals surface area contributed by atoms with Gasteiger partial charge in [-0.1, -0.05) is 32.4 Å². The minimum Gasteiger partial charge on any atom is -0.507 e. The SMILES string of the molecule is CO[C@]1(c2c[nH]c(=O)c(C(=O)[C@H]3[C@@H]4CC[C@@H](C)C[C@H]4C=C[C@H]3C)c2O)CC[C@@H](O)[C@H]2O[C@H]21. The molecule has 1 aromatic heterocycles. The first kappa shape index (κ1) is 21.9. The van der Waals surface area contributed by atoms with Crippen molar-refractivity contribution >= 4 is 5.78 Å². The van der Waals surface area contributed by atoms with Crippen molar-refractivity contribution in [3.63, 3.8) is 0 Å². The summed E-state index contributed by atoms with van der Waals surface area (Å²) in [6.07, 6.45) is 8.36. The molecule has 2 heterocycles. The first-order valence-electron chi connectivity index (χ1n) is 11.8. The van der Waals surface area contributed by atoms with Crippen molar-refractivity contribution in [2.45, 2.75) is 69.9 Å². The maximum Gasteiger partial charge on any atom is 0.262 e. The van der Waals surface area contributed by atoms with Gasteiger partial charge in [-0.3, -0.25) is 9.59 Å². The summed E-state index contributed by atoms with van der Waals surface area (Å²) >= 11 is 0. The number of aromatic hydroxyl groups is 1. The standard InChI is InChI=1S/C25H33NO6/c1-12-4-7-15-14(10-12)6-5-13(2)18(15)21(29)19-20(28)16(11-26-24(19)30)25(31-3)9-8-17(27)22-23(25)32-22/h5-6,11-15,17-18,22-23,27H,4,7-10H2,1-3H3,(H2,26,28,30)/t12-,13-,14-,15-,17-,18-,22-,23-,25+/m1/s1. The molecule has 32 heavy (non-hydrogen) atoms. The third kappa shape index (κ3) is 3.20. The van der Waals surface area contributed by atoms with Crippen LogP contribution in [-0.2, 0) is 15.1 Å². The fourth-order valence-electron chi connectivity index (χ4n) is 6.69. The van der Waals surface area contributed by atoms with E-state index in [0.717, 1.165) is 19.3 Å². The Bertz CT molecular complexity index is 1000. The van der Waals surface area contributed by atoms with Crippen molar-refractivity contribution in [3.05, 3.63) is 39.8 Å². The number of carbonyl (C=O) groups excluding carboxylic acids is 1. The zero-order chi connectivity index (χ0) is 22.8. The van der Waals surface area contributed by atoms with E-state index >= 15 is 0 Å². The molecule has 4 aliphatic rings. The highest BCUT2D eigenvalue weighted by molar-refractivity contribution is 6.01. The molecule has 1 aromatic rings. The Kier molecular flexibility index (Phi) is 5.34. The van der Waals surface area contributed by atoms with E-state index in [1.165, 1.54) is 13.3 Å². The van der Waals surface area contributed by atoms with Crippen molar-refractivity contribution in [2.24, 2.45) is 29.6 Å². The lowest BCUT2D eigenvalue weighted by molar-refractivity contribution is -0.0606. The molecule has 0 spiro atoms. The molecular weight excluding hydrogens is 410 g/mol. The van der Waals surface area contributed by atoms with Gasteiger partial charge in [0.05, 0.1) is 6.10 Å². The lowest BCUT2D eigenvalue weighted by atomic mass is 9.61. The van der Waals surface area contributed by atoms with E-state index in [1.807, 2.05) is 6.92 Å². The monoisotopic (exact) mass is 443 g/mol. The van der Waals surface area contributed by atoms with Crippen LogP contribution in [0, 0.1) is 29.6 Å². The van der Waals surface area contributed by atoms with Gasteiger partial charge in [-0.25, -0.2) is 0 Å². The average molecular weight is 444 g/mol. The number of hydrogen-bond acceptors (Lipinski definition) is 6. The Labute approximate surface area is 187 Å². The third-order valence-corrected chi connectivity index (χ3v) is 8.52. The van der Waals surface area contributed by atoms with Crippen LogP contribution in [0.5, 0.6) is 5.75 Å². The van der Waals surface area contributed by atoms with Crippen LogP contribution in [0.4, 0.5) is 0 Å². The third-order valence-electron chi connectivity index (χ3n) is 8.52. The molecule has 2 saturated carbocycles. The van der Waals surface area contributed by atoms with E-state index in [-0.39, 0.29) is 41.0 Å². The highest BCUT2D eigenvalue weighted by atomic mass is 16.6. The molecule has 7 heteroatoms. The van der Waals surface area contributed by atoms with Crippen LogP contribution >= 0.6 is 0 Å². The molecule has 9 atom stereocenters. The number of methoxy groups -OCH3 is 1. The van der Waals surface area contributed by atoms with Crippen LogP contribution in [0.3, 0.4) is 0 Å². The van der Waals surface area contributed by atoms with Crippen LogP contribution in [0.2, 0.25) is 0 Å². The van der Waals surface area contributed by atoms with Gasteiger partial charge >= 0.3 is 0 Å². The van der Waals surface area contributed by atoms with Crippen molar-refractivity contribution in [1.29, 1.82) is 0 Å². The molecule has 3 N–H and O–H groups in total. The molecule has 0 radical (unpaired) electrons. The highest BCUT2D eigenvalue weighted by Crippen LogP contribution is 2.53. The summed E-state index contributed by atoms with van der Waals surface area (Å²) in [6, 6.07) is 0. The number of allylic oxidation sites excluding steroid dienone is 2. The molecule has 0 bridgehead atoms. The van der Waals surface area contributed by atoms with Crippen LogP contribution in [-0.4, -0.2) is 46.4 Å². The number of hydrogen-bond donors (Lipinski definition) is 3. The van der Waals surface area contributed by atoms with E-state index < -0.39 is 23.4 Å². The van der Waals surface area contributed by atoms with E-state index in [2.05, 4.69) is 24.1 Å². The van der Waals surface area contributed by atoms with Gasteiger partial charge in [0.2, 0.25) is 0 Å². The number of aromatic nitrogens is 1. The molecule has 7 nitrogen and oxygen atoms in total. The predicted molar refractivity (Wildman–Crippen MR) is 117 cm³/mol. The van der Waals surface area contributed by atoms with E-state index in [9.17, 15) is 19.8 Å². The summed E-state index contributed by atoms with van der Waals surface area (Å²) in [6.45, 7) is 4.27. The summed E-state index contributed by atoms with van der Waals surface area (Å²) in [4.78, 5) is 29.4. The number of H-pyrrole nitrogens is 1. The molecule has 0 aromatic carbocycles. The maximum absolute atomic E-state index is 13.8. The van der Waals surface area contributed by atoms with Crippen molar-refractivity contribution in [2.75, 3.05) is 7.11 Å². The minimum atomic E-state index is -1.01. The highest BCUT2D eigenvalue weighted by Gasteiger charge is 2.63. The molecule has 174 valence electrons. The average Bonchev–Trinajstić information content (AvgIpc) is 3.57. The first-order valence-corrected chi connectivity index (χ1v) is 11.8. The van der Waals surface area contributed by atoms with Crippen LogP contribution < -0.4 is 5.56 Å². The lowest BCUT2D eigenvalue weighted by Gasteiger charge is -2.42. The molecule has 1 saturated heterocycles. The van der Waals surface area contributed by atoms with E-state index in [4.69, 9.17) is 9.47 Å². The Hall–Kier alpha value is -1.96. The number of Topliss-reactive ketones (excluding diaryl/α,β-unsaturated/α-hetero) is 1. The molecular formula is C25H33NO6. The van der Waals surface area contributed by atoms with E-state index in [1.54, 1.807) is 0 Å². The Morgan fingerprint density at radius 2 is 2.03 bits per heavy atom. The minimum absolute atomic E-state index is 0.00280.